The molecule has 0 amide bonds. The molecule has 2 heterocycles. The number of hydrogen-bond donors (Lipinski definition) is 0. The van der Waals surface area contributed by atoms with E-state index < -0.39 is 17.7 Å². The van der Waals surface area contributed by atoms with Crippen molar-refractivity contribution in [2.24, 2.45) is 0 Å². The molecule has 4 aromatic rings. The van der Waals surface area contributed by atoms with Crippen LogP contribution in [0.3, 0.4) is 0 Å². The van der Waals surface area contributed by atoms with Crippen molar-refractivity contribution in [3.05, 3.63) is 59.9 Å². The molecule has 4 rings (SSSR count). The monoisotopic (exact) mass is 550 g/mol. The largest absolute Gasteiger partial charge is 0.497 e. The van der Waals surface area contributed by atoms with Crippen LogP contribution in [0.2, 0.25) is 0 Å². The van der Waals surface area contributed by atoms with Crippen LogP contribution in [0.15, 0.2) is 58.6 Å². The SMILES string of the molecule is CCOC(=O)c1cnn(-c2nc3cc(Sc4ccc(OC)cc4)c(C(F)(F)F)cc3n2COCCOC)c1. The first-order chi connectivity index (χ1) is 18.2. The number of halogens is 3. The number of carbonyl (C=O) groups is 1. The highest BCUT2D eigenvalue weighted by Crippen LogP contribution is 2.42. The van der Waals surface area contributed by atoms with Gasteiger partial charge in [0.05, 0.1) is 55.3 Å². The fourth-order valence-electron chi connectivity index (χ4n) is 3.57. The smallest absolute Gasteiger partial charge is 0.417 e. The van der Waals surface area contributed by atoms with Crippen molar-refractivity contribution in [1.29, 1.82) is 0 Å². The number of fused-ring (bicyclic) bond motifs is 1. The lowest BCUT2D eigenvalue weighted by molar-refractivity contribution is -0.139. The molecule has 9 nitrogen and oxygen atoms in total. The highest BCUT2D eigenvalue weighted by atomic mass is 32.2. The second-order valence-corrected chi connectivity index (χ2v) is 8.99. The van der Waals surface area contributed by atoms with Gasteiger partial charge in [-0.3, -0.25) is 4.57 Å². The molecule has 0 aliphatic rings. The van der Waals surface area contributed by atoms with Gasteiger partial charge in [0.2, 0.25) is 5.95 Å². The average Bonchev–Trinajstić information content (AvgIpc) is 3.51. The first kappa shape index (κ1) is 27.5. The predicted octanol–water partition coefficient (Wildman–Crippen LogP) is 5.20. The fraction of sp³-hybridized carbons (Fsp3) is 0.320. The zero-order valence-electron chi connectivity index (χ0n) is 20.8. The minimum absolute atomic E-state index is 0.0145. The van der Waals surface area contributed by atoms with E-state index in [1.54, 1.807) is 31.2 Å². The van der Waals surface area contributed by atoms with Crippen LogP contribution in [0, 0.1) is 0 Å². The zero-order chi connectivity index (χ0) is 27.3. The van der Waals surface area contributed by atoms with E-state index in [1.165, 1.54) is 41.9 Å². The number of imidazole rings is 1. The van der Waals surface area contributed by atoms with E-state index in [-0.39, 0.29) is 41.9 Å². The zero-order valence-corrected chi connectivity index (χ0v) is 21.6. The van der Waals surface area contributed by atoms with Crippen molar-refractivity contribution in [1.82, 2.24) is 19.3 Å². The van der Waals surface area contributed by atoms with Gasteiger partial charge >= 0.3 is 12.1 Å². The van der Waals surface area contributed by atoms with E-state index in [2.05, 4.69) is 10.1 Å². The van der Waals surface area contributed by atoms with E-state index >= 15 is 0 Å². The third kappa shape index (κ3) is 6.11. The van der Waals surface area contributed by atoms with Gasteiger partial charge in [0.25, 0.3) is 0 Å². The van der Waals surface area contributed by atoms with Gasteiger partial charge in [0, 0.05) is 23.1 Å². The van der Waals surface area contributed by atoms with Gasteiger partial charge in [-0.15, -0.1) is 0 Å². The van der Waals surface area contributed by atoms with Crippen LogP contribution in [-0.2, 0) is 27.1 Å². The Morgan fingerprint density at radius 2 is 1.87 bits per heavy atom. The lowest BCUT2D eigenvalue weighted by Crippen LogP contribution is -2.13. The summed E-state index contributed by atoms with van der Waals surface area (Å²) in [5, 5.41) is 4.18. The summed E-state index contributed by atoms with van der Waals surface area (Å²) >= 11 is 0.968. The first-order valence-corrected chi connectivity index (χ1v) is 12.3. The van der Waals surface area contributed by atoms with E-state index in [4.69, 9.17) is 18.9 Å². The van der Waals surface area contributed by atoms with E-state index in [0.717, 1.165) is 17.8 Å². The second kappa shape index (κ2) is 11.9. The Balaban J connectivity index is 1.81. The third-order valence-electron chi connectivity index (χ3n) is 5.37. The van der Waals surface area contributed by atoms with Gasteiger partial charge in [-0.25, -0.2) is 14.5 Å². The molecule has 0 aliphatic heterocycles. The molecule has 0 atom stereocenters. The van der Waals surface area contributed by atoms with Crippen LogP contribution in [0.4, 0.5) is 13.2 Å². The van der Waals surface area contributed by atoms with Crippen LogP contribution in [0.1, 0.15) is 22.8 Å². The van der Waals surface area contributed by atoms with Crippen LogP contribution in [-0.4, -0.2) is 59.3 Å². The summed E-state index contributed by atoms with van der Waals surface area (Å²) in [5.41, 5.74) is -0.148. The van der Waals surface area contributed by atoms with Crippen LogP contribution in [0.25, 0.3) is 17.0 Å². The van der Waals surface area contributed by atoms with Crippen molar-refractivity contribution in [3.8, 4) is 11.7 Å². The van der Waals surface area contributed by atoms with Gasteiger partial charge in [0.1, 0.15) is 12.5 Å². The maximum absolute atomic E-state index is 14.2. The maximum Gasteiger partial charge on any atom is 0.417 e. The Labute approximate surface area is 220 Å². The van der Waals surface area contributed by atoms with Gasteiger partial charge in [-0.05, 0) is 43.3 Å². The van der Waals surface area contributed by atoms with E-state index in [0.29, 0.717) is 22.8 Å². The van der Waals surface area contributed by atoms with E-state index in [9.17, 15) is 18.0 Å². The number of ether oxygens (including phenoxy) is 4. The first-order valence-electron chi connectivity index (χ1n) is 11.5. The molecule has 13 heteroatoms. The standard InChI is InChI=1S/C25H25F3N4O5S/c1-4-37-23(33)16-13-29-32(14-16)24-30-20-12-22(38-18-7-5-17(35-3)6-8-18)19(25(26,27)28)11-21(20)31(24)15-36-10-9-34-2/h5-8,11-14H,4,9-10,15H2,1-3H3. The molecular weight excluding hydrogens is 525 g/mol. The number of benzene rings is 2. The molecule has 0 saturated carbocycles. The van der Waals surface area contributed by atoms with Crippen LogP contribution >= 0.6 is 11.8 Å². The molecule has 2 aromatic heterocycles. The summed E-state index contributed by atoms with van der Waals surface area (Å²) in [4.78, 5) is 17.3. The number of rotatable bonds is 11. The Morgan fingerprint density at radius 1 is 1.11 bits per heavy atom. The molecule has 0 spiro atoms. The van der Waals surface area contributed by atoms with Gasteiger partial charge in [-0.1, -0.05) is 11.8 Å². The number of esters is 1. The topological polar surface area (TPSA) is 89.6 Å². The maximum atomic E-state index is 14.2. The third-order valence-corrected chi connectivity index (χ3v) is 6.44. The second-order valence-electron chi connectivity index (χ2n) is 7.88. The fourth-order valence-corrected chi connectivity index (χ4v) is 4.55. The summed E-state index contributed by atoms with van der Waals surface area (Å²) in [6, 6.07) is 9.16. The molecule has 0 saturated heterocycles. The highest BCUT2D eigenvalue weighted by Gasteiger charge is 2.35. The Morgan fingerprint density at radius 3 is 2.53 bits per heavy atom. The van der Waals surface area contributed by atoms with Crippen molar-refractivity contribution in [2.75, 3.05) is 34.0 Å². The molecule has 0 bridgehead atoms. The Bertz CT molecular complexity index is 1400. The molecule has 0 radical (unpaired) electrons. The minimum atomic E-state index is -4.63. The summed E-state index contributed by atoms with van der Waals surface area (Å²) < 4.78 is 66.1. The molecule has 0 unspecified atom stereocenters. The van der Waals surface area contributed by atoms with Crippen molar-refractivity contribution in [2.45, 2.75) is 29.6 Å². The lowest BCUT2D eigenvalue weighted by atomic mass is 10.2. The molecule has 2 aromatic carbocycles. The minimum Gasteiger partial charge on any atom is -0.497 e. The highest BCUT2D eigenvalue weighted by molar-refractivity contribution is 7.99. The molecule has 0 aliphatic carbocycles. The molecule has 0 fully saturated rings. The number of carbonyl (C=O) groups excluding carboxylic acids is 1. The molecule has 38 heavy (non-hydrogen) atoms. The number of aromatic nitrogens is 4. The Kier molecular flexibility index (Phi) is 8.59. The van der Waals surface area contributed by atoms with Gasteiger partial charge in [0.15, 0.2) is 0 Å². The normalized spacial score (nSPS) is 11.7. The van der Waals surface area contributed by atoms with Crippen molar-refractivity contribution < 1.29 is 36.9 Å². The van der Waals surface area contributed by atoms with Gasteiger partial charge in [-0.2, -0.15) is 18.3 Å². The van der Waals surface area contributed by atoms with Gasteiger partial charge < -0.3 is 18.9 Å². The number of alkyl halides is 3. The summed E-state index contributed by atoms with van der Waals surface area (Å²) in [6.45, 7) is 2.25. The number of methoxy groups -OCH3 is 2. The van der Waals surface area contributed by atoms with Crippen LogP contribution in [0.5, 0.6) is 5.75 Å². The summed E-state index contributed by atoms with van der Waals surface area (Å²) in [5.74, 6) is 0.196. The number of nitrogens with zero attached hydrogens (tertiary/aromatic N) is 4. The quantitative estimate of drug-likeness (QED) is 0.186. The van der Waals surface area contributed by atoms with E-state index in [1.807, 2.05) is 0 Å². The summed E-state index contributed by atoms with van der Waals surface area (Å²) in [7, 11) is 3.03. The van der Waals surface area contributed by atoms with Crippen molar-refractivity contribution >= 4 is 28.8 Å². The van der Waals surface area contributed by atoms with Crippen LogP contribution < -0.4 is 4.74 Å². The number of hydrogen-bond acceptors (Lipinski definition) is 8. The predicted molar refractivity (Wildman–Crippen MR) is 133 cm³/mol. The summed E-state index contributed by atoms with van der Waals surface area (Å²) in [6.07, 6.45) is -1.92. The lowest BCUT2D eigenvalue weighted by Gasteiger charge is -2.14. The Hall–Kier alpha value is -3.55. The molecular formula is C25H25F3N4O5S. The molecule has 0 N–H and O–H groups in total. The molecule has 202 valence electrons. The average molecular weight is 551 g/mol. The van der Waals surface area contributed by atoms with Crippen molar-refractivity contribution in [3.63, 3.8) is 0 Å².